The maximum Gasteiger partial charge on any atom is 0.139 e. The molecule has 2 N–H and O–H groups in total. The van der Waals surface area contributed by atoms with E-state index in [0.29, 0.717) is 11.0 Å². The topological polar surface area (TPSA) is 45.4 Å². The largest absolute Gasteiger partial charge is 0.389 e. The maximum absolute atomic E-state index is 5.88. The number of aryl methyl sites for hydroxylation is 2. The summed E-state index contributed by atoms with van der Waals surface area (Å²) in [5.41, 5.74) is 8.94. The minimum atomic E-state index is 0.438. The van der Waals surface area contributed by atoms with Gasteiger partial charge in [-0.25, -0.2) is 4.98 Å². The molecule has 0 radical (unpaired) electrons. The molecule has 0 saturated carbocycles. The molecule has 1 aliphatic heterocycles. The Labute approximate surface area is 120 Å². The lowest BCUT2D eigenvalue weighted by atomic mass is 10.1. The average molecular weight is 278 g/mol. The highest BCUT2D eigenvalue weighted by molar-refractivity contribution is 7.80. The number of hydrogen-bond acceptors (Lipinski definition) is 4. The molecule has 0 amide bonds. The Balaban J connectivity index is 2.37. The Hall–Kier alpha value is -1.20. The number of aromatic nitrogens is 1. The standard InChI is InChI=1S/C14H22N4S/c1-9-7-10(2)16-14(12(9)13(15)19)18-6-5-11(8-18)17(3)4/h7,11H,5-6,8H2,1-4H3,(H2,15,19). The molecule has 4 nitrogen and oxygen atoms in total. The van der Waals surface area contributed by atoms with E-state index in [9.17, 15) is 0 Å². The predicted octanol–water partition coefficient (Wildman–Crippen LogP) is 1.47. The third kappa shape index (κ3) is 2.87. The Morgan fingerprint density at radius 2 is 2.16 bits per heavy atom. The van der Waals surface area contributed by atoms with Crippen LogP contribution in [0, 0.1) is 13.8 Å². The molecule has 1 aromatic rings. The lowest BCUT2D eigenvalue weighted by Gasteiger charge is -2.24. The highest BCUT2D eigenvalue weighted by Gasteiger charge is 2.27. The summed E-state index contributed by atoms with van der Waals surface area (Å²) in [6.45, 7) is 6.05. The van der Waals surface area contributed by atoms with Gasteiger partial charge in [0, 0.05) is 24.8 Å². The van der Waals surface area contributed by atoms with Crippen LogP contribution in [0.3, 0.4) is 0 Å². The third-order valence-electron chi connectivity index (χ3n) is 3.77. The molecular formula is C14H22N4S. The first-order valence-electron chi connectivity index (χ1n) is 6.59. The normalized spacial score (nSPS) is 19.2. The number of pyridine rings is 1. The van der Waals surface area contributed by atoms with Crippen LogP contribution >= 0.6 is 12.2 Å². The highest BCUT2D eigenvalue weighted by atomic mass is 32.1. The van der Waals surface area contributed by atoms with E-state index < -0.39 is 0 Å². The summed E-state index contributed by atoms with van der Waals surface area (Å²) in [4.78, 5) is 9.68. The number of thiocarbonyl (C=S) groups is 1. The van der Waals surface area contributed by atoms with Gasteiger partial charge in [0.2, 0.25) is 0 Å². The summed E-state index contributed by atoms with van der Waals surface area (Å²) in [6.07, 6.45) is 1.15. The second-order valence-corrected chi connectivity index (χ2v) is 5.94. The number of hydrogen-bond donors (Lipinski definition) is 1. The summed E-state index contributed by atoms with van der Waals surface area (Å²) >= 11 is 5.20. The van der Waals surface area contributed by atoms with E-state index in [-0.39, 0.29) is 0 Å². The van der Waals surface area contributed by atoms with Crippen molar-refractivity contribution in [2.45, 2.75) is 26.3 Å². The van der Waals surface area contributed by atoms with Crippen LogP contribution in [0.1, 0.15) is 23.2 Å². The summed E-state index contributed by atoms with van der Waals surface area (Å²) in [6, 6.07) is 2.61. The molecule has 1 unspecified atom stereocenters. The van der Waals surface area contributed by atoms with Gasteiger partial charge in [-0.2, -0.15) is 0 Å². The van der Waals surface area contributed by atoms with Crippen LogP contribution in [0.25, 0.3) is 0 Å². The van der Waals surface area contributed by atoms with Crippen molar-refractivity contribution < 1.29 is 0 Å². The van der Waals surface area contributed by atoms with E-state index in [4.69, 9.17) is 18.0 Å². The van der Waals surface area contributed by atoms with E-state index in [1.165, 1.54) is 0 Å². The summed E-state index contributed by atoms with van der Waals surface area (Å²) in [7, 11) is 4.25. The second-order valence-electron chi connectivity index (χ2n) is 5.50. The molecule has 5 heteroatoms. The highest BCUT2D eigenvalue weighted by Crippen LogP contribution is 2.26. The molecule has 2 heterocycles. The molecule has 0 aromatic carbocycles. The van der Waals surface area contributed by atoms with E-state index in [2.05, 4.69) is 28.9 Å². The SMILES string of the molecule is Cc1cc(C)c(C(N)=S)c(N2CCC(N(C)C)C2)n1. The maximum atomic E-state index is 5.88. The Morgan fingerprint density at radius 1 is 1.47 bits per heavy atom. The van der Waals surface area contributed by atoms with Crippen LogP contribution in [0.5, 0.6) is 0 Å². The van der Waals surface area contributed by atoms with E-state index >= 15 is 0 Å². The minimum Gasteiger partial charge on any atom is -0.389 e. The Kier molecular flexibility index (Phi) is 4.06. The van der Waals surface area contributed by atoms with E-state index in [0.717, 1.165) is 42.1 Å². The van der Waals surface area contributed by atoms with Crippen molar-refractivity contribution in [2.75, 3.05) is 32.1 Å². The van der Waals surface area contributed by atoms with Crippen molar-refractivity contribution in [3.8, 4) is 0 Å². The van der Waals surface area contributed by atoms with Crippen LogP contribution < -0.4 is 10.6 Å². The van der Waals surface area contributed by atoms with Gasteiger partial charge in [0.15, 0.2) is 0 Å². The van der Waals surface area contributed by atoms with Crippen LogP contribution in [-0.2, 0) is 0 Å². The molecule has 0 bridgehead atoms. The van der Waals surface area contributed by atoms with Gasteiger partial charge < -0.3 is 15.5 Å². The monoisotopic (exact) mass is 278 g/mol. The summed E-state index contributed by atoms with van der Waals surface area (Å²) in [5.74, 6) is 0.953. The number of rotatable bonds is 3. The molecule has 104 valence electrons. The van der Waals surface area contributed by atoms with Crippen molar-refractivity contribution in [3.63, 3.8) is 0 Å². The second kappa shape index (κ2) is 5.43. The van der Waals surface area contributed by atoms with Crippen molar-refractivity contribution in [1.29, 1.82) is 0 Å². The fourth-order valence-electron chi connectivity index (χ4n) is 2.71. The quantitative estimate of drug-likeness (QED) is 0.848. The number of nitrogens with zero attached hydrogens (tertiary/aromatic N) is 3. The van der Waals surface area contributed by atoms with Gasteiger partial charge in [0.25, 0.3) is 0 Å². The zero-order valence-corrected chi connectivity index (χ0v) is 12.9. The van der Waals surface area contributed by atoms with Crippen LogP contribution in [0.4, 0.5) is 5.82 Å². The molecule has 1 aliphatic rings. The number of anilines is 1. The molecule has 2 rings (SSSR count). The van der Waals surface area contributed by atoms with Crippen molar-refractivity contribution in [2.24, 2.45) is 5.73 Å². The molecule has 1 aromatic heterocycles. The zero-order valence-electron chi connectivity index (χ0n) is 12.1. The molecule has 0 aliphatic carbocycles. The molecule has 0 spiro atoms. The van der Waals surface area contributed by atoms with Gasteiger partial charge in [0.05, 0.1) is 5.56 Å². The molecule has 1 saturated heterocycles. The molecule has 1 atom stereocenters. The first kappa shape index (κ1) is 14.2. The van der Waals surface area contributed by atoms with Crippen molar-refractivity contribution in [3.05, 3.63) is 22.9 Å². The van der Waals surface area contributed by atoms with Gasteiger partial charge in [0.1, 0.15) is 10.8 Å². The lowest BCUT2D eigenvalue weighted by molar-refractivity contribution is 0.315. The van der Waals surface area contributed by atoms with Crippen LogP contribution in [-0.4, -0.2) is 48.1 Å². The Morgan fingerprint density at radius 3 is 2.68 bits per heavy atom. The number of nitrogens with two attached hydrogens (primary N) is 1. The van der Waals surface area contributed by atoms with E-state index in [1.54, 1.807) is 0 Å². The van der Waals surface area contributed by atoms with E-state index in [1.807, 2.05) is 19.9 Å². The fourth-order valence-corrected chi connectivity index (χ4v) is 2.96. The fraction of sp³-hybridized carbons (Fsp3) is 0.571. The van der Waals surface area contributed by atoms with Gasteiger partial charge in [-0.05, 0) is 46.0 Å². The zero-order chi connectivity index (χ0) is 14.2. The minimum absolute atomic E-state index is 0.438. The van der Waals surface area contributed by atoms with Crippen LogP contribution in [0.15, 0.2) is 6.07 Å². The number of likely N-dealkylation sites (N-methyl/N-ethyl adjacent to an activating group) is 1. The third-order valence-corrected chi connectivity index (χ3v) is 3.97. The summed E-state index contributed by atoms with van der Waals surface area (Å²) < 4.78 is 0. The first-order valence-corrected chi connectivity index (χ1v) is 7.00. The Bertz CT molecular complexity index is 498. The first-order chi connectivity index (χ1) is 8.90. The lowest BCUT2D eigenvalue weighted by Crippen LogP contribution is -2.33. The van der Waals surface area contributed by atoms with Crippen LogP contribution in [0.2, 0.25) is 0 Å². The predicted molar refractivity (Wildman–Crippen MR) is 83.9 cm³/mol. The summed E-state index contributed by atoms with van der Waals surface area (Å²) in [5, 5.41) is 0. The smallest absolute Gasteiger partial charge is 0.139 e. The van der Waals surface area contributed by atoms with Gasteiger partial charge in [-0.3, -0.25) is 0 Å². The van der Waals surface area contributed by atoms with Gasteiger partial charge in [-0.1, -0.05) is 12.2 Å². The molecule has 1 fully saturated rings. The molecule has 19 heavy (non-hydrogen) atoms. The van der Waals surface area contributed by atoms with Crippen molar-refractivity contribution >= 4 is 23.0 Å². The average Bonchev–Trinajstić information content (AvgIpc) is 2.76. The van der Waals surface area contributed by atoms with Crippen molar-refractivity contribution in [1.82, 2.24) is 9.88 Å². The van der Waals surface area contributed by atoms with Gasteiger partial charge >= 0.3 is 0 Å². The van der Waals surface area contributed by atoms with Gasteiger partial charge in [-0.15, -0.1) is 0 Å². The molecular weight excluding hydrogens is 256 g/mol.